The highest BCUT2D eigenvalue weighted by Crippen LogP contribution is 2.25. The summed E-state index contributed by atoms with van der Waals surface area (Å²) in [5, 5.41) is 5.56. The number of carbonyl (C=O) groups excluding carboxylic acids is 2. The van der Waals surface area contributed by atoms with Gasteiger partial charge in [0.1, 0.15) is 0 Å². The topological polar surface area (TPSA) is 84.2 Å². The minimum atomic E-state index is -0.0691. The van der Waals surface area contributed by atoms with Crippen LogP contribution in [0.4, 0.5) is 5.69 Å². The average Bonchev–Trinajstić information content (AvgIpc) is 2.49. The first-order valence-electron chi connectivity index (χ1n) is 7.45. The minimum Gasteiger partial charge on any atom is -0.359 e. The number of hydrogen-bond acceptors (Lipinski definition) is 3. The maximum atomic E-state index is 12.3. The Kier molecular flexibility index (Phi) is 5.33. The van der Waals surface area contributed by atoms with E-state index in [0.29, 0.717) is 0 Å². The summed E-state index contributed by atoms with van der Waals surface area (Å²) in [4.78, 5) is 23.8. The number of benzene rings is 1. The molecule has 1 aliphatic rings. The van der Waals surface area contributed by atoms with Crippen LogP contribution < -0.4 is 16.4 Å². The summed E-state index contributed by atoms with van der Waals surface area (Å²) in [6.45, 7) is 0. The Bertz CT molecular complexity index is 508. The Morgan fingerprint density at radius 3 is 2.52 bits per heavy atom. The molecule has 1 aromatic carbocycles. The van der Waals surface area contributed by atoms with Crippen LogP contribution in [-0.2, 0) is 16.0 Å². The number of nitrogens with two attached hydrogens (primary N) is 1. The lowest BCUT2D eigenvalue weighted by molar-refractivity contribution is -0.121. The molecule has 0 heterocycles. The van der Waals surface area contributed by atoms with Crippen LogP contribution in [0.2, 0.25) is 0 Å². The van der Waals surface area contributed by atoms with Gasteiger partial charge in [-0.25, -0.2) is 0 Å². The molecule has 4 N–H and O–H groups in total. The zero-order chi connectivity index (χ0) is 15.2. The lowest BCUT2D eigenvalue weighted by atomic mass is 9.86. The molecule has 114 valence electrons. The molecule has 2 amide bonds. The number of carbonyl (C=O) groups is 2. The van der Waals surface area contributed by atoms with E-state index in [1.165, 1.54) is 0 Å². The first-order valence-corrected chi connectivity index (χ1v) is 7.45. The molecule has 1 saturated carbocycles. The summed E-state index contributed by atoms with van der Waals surface area (Å²) < 4.78 is 0. The molecule has 0 bridgehead atoms. The lowest BCUT2D eigenvalue weighted by Crippen LogP contribution is -2.32. The van der Waals surface area contributed by atoms with Crippen molar-refractivity contribution in [3.8, 4) is 0 Å². The van der Waals surface area contributed by atoms with Crippen molar-refractivity contribution < 1.29 is 9.59 Å². The molecule has 0 aliphatic heterocycles. The fraction of sp³-hybridized carbons (Fsp3) is 0.500. The van der Waals surface area contributed by atoms with E-state index in [4.69, 9.17) is 5.73 Å². The Balaban J connectivity index is 2.02. The standard InChI is InChI=1S/C16H23N3O2/c1-18-15(20)10-12-4-2-3-5-14(12)19-16(21)11-6-8-13(17)9-7-11/h2-5,11,13H,6-10,17H2,1H3,(H,18,20)(H,19,21). The third kappa shape index (κ3) is 4.29. The lowest BCUT2D eigenvalue weighted by Gasteiger charge is -2.25. The van der Waals surface area contributed by atoms with Gasteiger partial charge in [-0.15, -0.1) is 0 Å². The van der Waals surface area contributed by atoms with Crippen molar-refractivity contribution in [2.45, 2.75) is 38.1 Å². The highest BCUT2D eigenvalue weighted by atomic mass is 16.2. The normalized spacial score (nSPS) is 21.6. The Morgan fingerprint density at radius 1 is 1.19 bits per heavy atom. The van der Waals surface area contributed by atoms with Crippen LogP contribution in [0, 0.1) is 5.92 Å². The summed E-state index contributed by atoms with van der Waals surface area (Å²) in [6, 6.07) is 7.66. The first-order chi connectivity index (χ1) is 10.1. The van der Waals surface area contributed by atoms with Gasteiger partial charge < -0.3 is 16.4 Å². The SMILES string of the molecule is CNC(=O)Cc1ccccc1NC(=O)C1CCC(N)CC1. The van der Waals surface area contributed by atoms with Gasteiger partial charge in [-0.3, -0.25) is 9.59 Å². The molecule has 0 aromatic heterocycles. The fourth-order valence-electron chi connectivity index (χ4n) is 2.67. The van der Waals surface area contributed by atoms with E-state index in [1.54, 1.807) is 7.05 Å². The molecule has 2 rings (SSSR count). The summed E-state index contributed by atoms with van der Waals surface area (Å²) in [5.41, 5.74) is 7.42. The van der Waals surface area contributed by atoms with E-state index in [9.17, 15) is 9.59 Å². The molecule has 1 aromatic rings. The van der Waals surface area contributed by atoms with Crippen molar-refractivity contribution in [1.82, 2.24) is 5.32 Å². The Hall–Kier alpha value is -1.88. The van der Waals surface area contributed by atoms with Gasteiger partial charge >= 0.3 is 0 Å². The number of rotatable bonds is 4. The number of amides is 2. The summed E-state index contributed by atoms with van der Waals surface area (Å²) in [7, 11) is 1.61. The predicted octanol–water partition coefficient (Wildman–Crippen LogP) is 1.43. The van der Waals surface area contributed by atoms with Crippen molar-refractivity contribution in [2.24, 2.45) is 11.7 Å². The molecule has 5 nitrogen and oxygen atoms in total. The van der Waals surface area contributed by atoms with Crippen molar-refractivity contribution in [1.29, 1.82) is 0 Å². The van der Waals surface area contributed by atoms with E-state index >= 15 is 0 Å². The van der Waals surface area contributed by atoms with Crippen LogP contribution in [-0.4, -0.2) is 24.9 Å². The zero-order valence-electron chi connectivity index (χ0n) is 12.4. The summed E-state index contributed by atoms with van der Waals surface area (Å²) in [5.74, 6) is -0.00977. The smallest absolute Gasteiger partial charge is 0.227 e. The molecule has 5 heteroatoms. The molecule has 0 saturated heterocycles. The van der Waals surface area contributed by atoms with E-state index in [2.05, 4.69) is 10.6 Å². The summed E-state index contributed by atoms with van der Waals surface area (Å²) >= 11 is 0. The van der Waals surface area contributed by atoms with Gasteiger partial charge in [0.15, 0.2) is 0 Å². The van der Waals surface area contributed by atoms with E-state index in [0.717, 1.165) is 36.9 Å². The maximum Gasteiger partial charge on any atom is 0.227 e. The third-order valence-corrected chi connectivity index (χ3v) is 4.05. The van der Waals surface area contributed by atoms with Gasteiger partial charge in [-0.2, -0.15) is 0 Å². The van der Waals surface area contributed by atoms with Crippen molar-refractivity contribution in [3.05, 3.63) is 29.8 Å². The largest absolute Gasteiger partial charge is 0.359 e. The molecule has 0 spiro atoms. The Labute approximate surface area is 125 Å². The van der Waals surface area contributed by atoms with Gasteiger partial charge in [-0.1, -0.05) is 18.2 Å². The molecular formula is C16H23N3O2. The molecule has 0 atom stereocenters. The second-order valence-electron chi connectivity index (χ2n) is 5.61. The third-order valence-electron chi connectivity index (χ3n) is 4.05. The minimum absolute atomic E-state index is 0.0258. The maximum absolute atomic E-state index is 12.3. The van der Waals surface area contributed by atoms with Crippen molar-refractivity contribution >= 4 is 17.5 Å². The van der Waals surface area contributed by atoms with Crippen molar-refractivity contribution in [3.63, 3.8) is 0 Å². The van der Waals surface area contributed by atoms with Gasteiger partial charge in [0, 0.05) is 24.7 Å². The quantitative estimate of drug-likeness (QED) is 0.784. The second-order valence-corrected chi connectivity index (χ2v) is 5.61. The molecule has 0 unspecified atom stereocenters. The van der Waals surface area contributed by atoms with Gasteiger partial charge in [-0.05, 0) is 37.3 Å². The molecule has 1 aliphatic carbocycles. The number of likely N-dealkylation sites (N-methyl/N-ethyl adjacent to an activating group) is 1. The van der Waals surface area contributed by atoms with Gasteiger partial charge in [0.05, 0.1) is 6.42 Å². The zero-order valence-corrected chi connectivity index (χ0v) is 12.4. The van der Waals surface area contributed by atoms with Crippen LogP contribution in [0.5, 0.6) is 0 Å². The number of hydrogen-bond donors (Lipinski definition) is 3. The molecular weight excluding hydrogens is 266 g/mol. The van der Waals surface area contributed by atoms with Crippen LogP contribution in [0.1, 0.15) is 31.2 Å². The summed E-state index contributed by atoms with van der Waals surface area (Å²) in [6.07, 6.45) is 3.74. The molecule has 0 radical (unpaired) electrons. The van der Waals surface area contributed by atoms with Crippen LogP contribution in [0.15, 0.2) is 24.3 Å². The number of anilines is 1. The van der Waals surface area contributed by atoms with Gasteiger partial charge in [0.25, 0.3) is 0 Å². The second kappa shape index (κ2) is 7.22. The predicted molar refractivity (Wildman–Crippen MR) is 82.8 cm³/mol. The number of para-hydroxylation sites is 1. The number of nitrogens with one attached hydrogen (secondary N) is 2. The Morgan fingerprint density at radius 2 is 1.86 bits per heavy atom. The van der Waals surface area contributed by atoms with E-state index in [1.807, 2.05) is 24.3 Å². The van der Waals surface area contributed by atoms with Crippen LogP contribution in [0.3, 0.4) is 0 Å². The van der Waals surface area contributed by atoms with Crippen molar-refractivity contribution in [2.75, 3.05) is 12.4 Å². The fourth-order valence-corrected chi connectivity index (χ4v) is 2.67. The monoisotopic (exact) mass is 289 g/mol. The van der Waals surface area contributed by atoms with E-state index < -0.39 is 0 Å². The molecule has 21 heavy (non-hydrogen) atoms. The molecule has 1 fully saturated rings. The van der Waals surface area contributed by atoms with Crippen LogP contribution >= 0.6 is 0 Å². The van der Waals surface area contributed by atoms with Crippen LogP contribution in [0.25, 0.3) is 0 Å². The van der Waals surface area contributed by atoms with Gasteiger partial charge in [0.2, 0.25) is 11.8 Å². The highest BCUT2D eigenvalue weighted by molar-refractivity contribution is 5.94. The highest BCUT2D eigenvalue weighted by Gasteiger charge is 2.25. The average molecular weight is 289 g/mol. The van der Waals surface area contributed by atoms with E-state index in [-0.39, 0.29) is 30.2 Å². The first kappa shape index (κ1) is 15.5.